The normalized spacial score (nSPS) is 13.1. The summed E-state index contributed by atoms with van der Waals surface area (Å²) in [5, 5.41) is 15.8. The minimum atomic E-state index is -1.12. The molecule has 2 aromatic carbocycles. The number of carbonyl (C=O) groups is 3. The van der Waals surface area contributed by atoms with Crippen LogP contribution in [0.2, 0.25) is 0 Å². The summed E-state index contributed by atoms with van der Waals surface area (Å²) in [5.41, 5.74) is 4.62. The standard InChI is InChI=1S/C24H24N4O5/c1-14(23(30)31)27(2)22(29)20-12-21(26-28(20)3)25-24(32)33-13-19-17-10-6-4-8-15(17)16-9-5-7-11-18(16)19/h4-12,14,19H,13H2,1-3H3,(H,30,31)(H,25,26,32)/t14-/m0/s1. The van der Waals surface area contributed by atoms with Gasteiger partial charge in [0.25, 0.3) is 5.91 Å². The van der Waals surface area contributed by atoms with Gasteiger partial charge in [-0.3, -0.25) is 14.8 Å². The fourth-order valence-corrected chi connectivity index (χ4v) is 3.99. The molecule has 1 aliphatic rings. The molecule has 1 heterocycles. The number of fused-ring (bicyclic) bond motifs is 3. The van der Waals surface area contributed by atoms with Gasteiger partial charge in [-0.05, 0) is 29.2 Å². The van der Waals surface area contributed by atoms with Crippen LogP contribution in [-0.4, -0.2) is 57.5 Å². The highest BCUT2D eigenvalue weighted by Gasteiger charge is 2.29. The van der Waals surface area contributed by atoms with Crippen molar-refractivity contribution in [1.82, 2.24) is 14.7 Å². The van der Waals surface area contributed by atoms with Gasteiger partial charge >= 0.3 is 12.1 Å². The first-order valence-electron chi connectivity index (χ1n) is 10.4. The van der Waals surface area contributed by atoms with E-state index in [1.807, 2.05) is 36.4 Å². The van der Waals surface area contributed by atoms with E-state index >= 15 is 0 Å². The third-order valence-corrected chi connectivity index (χ3v) is 5.93. The van der Waals surface area contributed by atoms with Crippen LogP contribution in [0.25, 0.3) is 11.1 Å². The lowest BCUT2D eigenvalue weighted by molar-refractivity contribution is -0.141. The van der Waals surface area contributed by atoms with Crippen LogP contribution in [0.5, 0.6) is 0 Å². The van der Waals surface area contributed by atoms with E-state index in [9.17, 15) is 14.4 Å². The quantitative estimate of drug-likeness (QED) is 0.598. The molecule has 0 radical (unpaired) electrons. The molecule has 0 saturated heterocycles. The Bertz CT molecular complexity index is 1190. The number of carbonyl (C=O) groups excluding carboxylic acids is 2. The van der Waals surface area contributed by atoms with Gasteiger partial charge in [-0.1, -0.05) is 48.5 Å². The number of anilines is 1. The highest BCUT2D eigenvalue weighted by molar-refractivity contribution is 5.96. The summed E-state index contributed by atoms with van der Waals surface area (Å²) in [6.45, 7) is 1.56. The van der Waals surface area contributed by atoms with Gasteiger partial charge in [-0.15, -0.1) is 0 Å². The van der Waals surface area contributed by atoms with Gasteiger partial charge in [-0.25, -0.2) is 9.59 Å². The molecule has 0 spiro atoms. The van der Waals surface area contributed by atoms with E-state index in [1.54, 1.807) is 0 Å². The predicted octanol–water partition coefficient (Wildman–Crippen LogP) is 3.33. The monoisotopic (exact) mass is 448 g/mol. The van der Waals surface area contributed by atoms with Crippen molar-refractivity contribution >= 4 is 23.8 Å². The number of benzene rings is 2. The summed E-state index contributed by atoms with van der Waals surface area (Å²) in [6, 6.07) is 16.5. The lowest BCUT2D eigenvalue weighted by Gasteiger charge is -2.21. The number of likely N-dealkylation sites (N-methyl/N-ethyl adjacent to an activating group) is 1. The van der Waals surface area contributed by atoms with E-state index in [0.29, 0.717) is 0 Å². The number of hydrogen-bond donors (Lipinski definition) is 2. The largest absolute Gasteiger partial charge is 0.480 e. The minimum absolute atomic E-state index is 0.0739. The van der Waals surface area contributed by atoms with Gasteiger partial charge in [-0.2, -0.15) is 5.10 Å². The fraction of sp³-hybridized carbons (Fsp3) is 0.250. The summed E-state index contributed by atoms with van der Waals surface area (Å²) >= 11 is 0. The number of ether oxygens (including phenoxy) is 1. The van der Waals surface area contributed by atoms with Gasteiger partial charge in [0.15, 0.2) is 5.82 Å². The topological polar surface area (TPSA) is 114 Å². The summed E-state index contributed by atoms with van der Waals surface area (Å²) in [5.74, 6) is -1.59. The number of nitrogens with zero attached hydrogens (tertiary/aromatic N) is 3. The molecule has 0 saturated carbocycles. The molecule has 2 amide bonds. The highest BCUT2D eigenvalue weighted by atomic mass is 16.5. The molecular formula is C24H24N4O5. The molecule has 0 unspecified atom stereocenters. The van der Waals surface area contributed by atoms with E-state index in [1.165, 1.54) is 31.8 Å². The first-order valence-corrected chi connectivity index (χ1v) is 10.4. The molecule has 1 aliphatic carbocycles. The maximum absolute atomic E-state index is 12.6. The van der Waals surface area contributed by atoms with Crippen LogP contribution < -0.4 is 5.32 Å². The number of hydrogen-bond acceptors (Lipinski definition) is 5. The predicted molar refractivity (Wildman–Crippen MR) is 121 cm³/mol. The number of rotatable bonds is 6. The van der Waals surface area contributed by atoms with Crippen LogP contribution in [0, 0.1) is 0 Å². The summed E-state index contributed by atoms with van der Waals surface area (Å²) in [4.78, 5) is 37.3. The Kier molecular flexibility index (Phi) is 5.87. The lowest BCUT2D eigenvalue weighted by Crippen LogP contribution is -2.40. The van der Waals surface area contributed by atoms with Crippen LogP contribution in [0.4, 0.5) is 10.6 Å². The number of aryl methyl sites for hydroxylation is 1. The molecule has 4 rings (SSSR count). The van der Waals surface area contributed by atoms with Crippen molar-refractivity contribution in [2.24, 2.45) is 7.05 Å². The summed E-state index contributed by atoms with van der Waals surface area (Å²) < 4.78 is 6.78. The van der Waals surface area contributed by atoms with Crippen molar-refractivity contribution in [2.45, 2.75) is 18.9 Å². The third-order valence-electron chi connectivity index (χ3n) is 5.93. The Morgan fingerprint density at radius 2 is 1.70 bits per heavy atom. The number of aliphatic carboxylic acids is 1. The SMILES string of the molecule is C[C@@H](C(=O)O)N(C)C(=O)c1cc(NC(=O)OCC2c3ccccc3-c3ccccc32)nn1C. The lowest BCUT2D eigenvalue weighted by atomic mass is 9.98. The van der Waals surface area contributed by atoms with E-state index in [2.05, 4.69) is 22.5 Å². The van der Waals surface area contributed by atoms with Crippen molar-refractivity contribution < 1.29 is 24.2 Å². The molecular weight excluding hydrogens is 424 g/mol. The zero-order valence-electron chi connectivity index (χ0n) is 18.5. The molecule has 2 N–H and O–H groups in total. The van der Waals surface area contributed by atoms with Gasteiger partial charge < -0.3 is 14.7 Å². The van der Waals surface area contributed by atoms with Gasteiger partial charge in [0.05, 0.1) is 0 Å². The first-order chi connectivity index (χ1) is 15.8. The number of carboxylic acids is 1. The second kappa shape index (κ2) is 8.78. The number of carboxylic acid groups (broad SMARTS) is 1. The number of amides is 2. The molecule has 170 valence electrons. The number of aromatic nitrogens is 2. The molecule has 0 aliphatic heterocycles. The maximum atomic E-state index is 12.6. The average molecular weight is 448 g/mol. The smallest absolute Gasteiger partial charge is 0.412 e. The van der Waals surface area contributed by atoms with E-state index < -0.39 is 24.0 Å². The van der Waals surface area contributed by atoms with E-state index in [4.69, 9.17) is 9.84 Å². The van der Waals surface area contributed by atoms with E-state index in [-0.39, 0.29) is 24.0 Å². The molecule has 3 aromatic rings. The van der Waals surface area contributed by atoms with Crippen molar-refractivity contribution in [3.8, 4) is 11.1 Å². The van der Waals surface area contributed by atoms with Crippen LogP contribution in [0.1, 0.15) is 34.5 Å². The van der Waals surface area contributed by atoms with Crippen LogP contribution in [0.3, 0.4) is 0 Å². The molecule has 0 fully saturated rings. The Labute approximate surface area is 190 Å². The molecule has 1 aromatic heterocycles. The first kappa shape index (κ1) is 22.1. The minimum Gasteiger partial charge on any atom is -0.480 e. The fourth-order valence-electron chi connectivity index (χ4n) is 3.99. The second-order valence-corrected chi connectivity index (χ2v) is 7.92. The van der Waals surface area contributed by atoms with Crippen molar-refractivity contribution in [3.63, 3.8) is 0 Å². The van der Waals surface area contributed by atoms with Gasteiger partial charge in [0, 0.05) is 26.1 Å². The molecule has 1 atom stereocenters. The second-order valence-electron chi connectivity index (χ2n) is 7.92. The van der Waals surface area contributed by atoms with Crippen LogP contribution >= 0.6 is 0 Å². The molecule has 0 bridgehead atoms. The van der Waals surface area contributed by atoms with Gasteiger partial charge in [0.2, 0.25) is 0 Å². The van der Waals surface area contributed by atoms with Crippen LogP contribution in [0.15, 0.2) is 54.6 Å². The zero-order valence-corrected chi connectivity index (χ0v) is 18.5. The Morgan fingerprint density at radius 3 is 2.27 bits per heavy atom. The van der Waals surface area contributed by atoms with Crippen LogP contribution in [-0.2, 0) is 16.6 Å². The third kappa shape index (κ3) is 4.17. The van der Waals surface area contributed by atoms with Gasteiger partial charge in [0.1, 0.15) is 18.3 Å². The molecule has 9 nitrogen and oxygen atoms in total. The van der Waals surface area contributed by atoms with Crippen molar-refractivity contribution in [1.29, 1.82) is 0 Å². The molecule has 33 heavy (non-hydrogen) atoms. The Hall–Kier alpha value is -4.14. The van der Waals surface area contributed by atoms with Crippen molar-refractivity contribution in [2.75, 3.05) is 19.0 Å². The zero-order chi connectivity index (χ0) is 23.7. The number of nitrogens with one attached hydrogen (secondary N) is 1. The Morgan fingerprint density at radius 1 is 1.12 bits per heavy atom. The molecule has 9 heteroatoms. The summed E-state index contributed by atoms with van der Waals surface area (Å²) in [7, 11) is 2.93. The average Bonchev–Trinajstić information content (AvgIpc) is 3.33. The van der Waals surface area contributed by atoms with Crippen molar-refractivity contribution in [3.05, 3.63) is 71.4 Å². The Balaban J connectivity index is 1.43. The highest BCUT2D eigenvalue weighted by Crippen LogP contribution is 2.44. The maximum Gasteiger partial charge on any atom is 0.412 e. The summed E-state index contributed by atoms with van der Waals surface area (Å²) in [6.07, 6.45) is -0.693. The van der Waals surface area contributed by atoms with E-state index in [0.717, 1.165) is 27.2 Å².